The minimum Gasteiger partial charge on any atom is -0.383 e. The van der Waals surface area contributed by atoms with Crippen LogP contribution in [0.15, 0.2) is 65.7 Å². The quantitative estimate of drug-likeness (QED) is 0.492. The standard InChI is InChI=1S/C21H17ClN2O2S/c1-26-12-11-24-19-17(22)7-4-8-18(19)27-21(24)23-20(25)16-10-9-14-5-2-3-6-15(14)13-16/h2-10,13H,11-12H2,1H3. The Hall–Kier alpha value is -2.47. The number of methoxy groups -OCH3 is 1. The fraction of sp³-hybridized carbons (Fsp3) is 0.143. The maximum absolute atomic E-state index is 12.8. The largest absolute Gasteiger partial charge is 0.383 e. The van der Waals surface area contributed by atoms with Gasteiger partial charge in [-0.05, 0) is 35.0 Å². The molecule has 1 heterocycles. The Labute approximate surface area is 165 Å². The second kappa shape index (κ2) is 7.64. The molecule has 0 bridgehead atoms. The number of ether oxygens (including phenoxy) is 1. The molecule has 0 unspecified atom stereocenters. The Bertz CT molecular complexity index is 1210. The normalized spacial score (nSPS) is 12.1. The van der Waals surface area contributed by atoms with Gasteiger partial charge in [0.05, 0.1) is 21.8 Å². The van der Waals surface area contributed by atoms with Gasteiger partial charge >= 0.3 is 0 Å². The van der Waals surface area contributed by atoms with Crippen molar-refractivity contribution in [3.63, 3.8) is 0 Å². The number of fused-ring (bicyclic) bond motifs is 2. The molecule has 0 saturated heterocycles. The van der Waals surface area contributed by atoms with E-state index in [1.807, 2.05) is 65.2 Å². The maximum Gasteiger partial charge on any atom is 0.279 e. The van der Waals surface area contributed by atoms with E-state index in [4.69, 9.17) is 16.3 Å². The molecule has 0 atom stereocenters. The summed E-state index contributed by atoms with van der Waals surface area (Å²) in [4.78, 5) is 17.8. The molecular formula is C21H17ClN2O2S. The van der Waals surface area contributed by atoms with E-state index < -0.39 is 0 Å². The Morgan fingerprint density at radius 1 is 1.11 bits per heavy atom. The summed E-state index contributed by atoms with van der Waals surface area (Å²) in [7, 11) is 1.65. The first-order chi connectivity index (χ1) is 13.2. The summed E-state index contributed by atoms with van der Waals surface area (Å²) in [6.07, 6.45) is 0. The van der Waals surface area contributed by atoms with E-state index in [2.05, 4.69) is 4.99 Å². The number of halogens is 1. The molecule has 4 rings (SSSR count). The van der Waals surface area contributed by atoms with Crippen molar-refractivity contribution in [2.45, 2.75) is 6.54 Å². The number of rotatable bonds is 4. The van der Waals surface area contributed by atoms with Crippen LogP contribution in [0, 0.1) is 0 Å². The van der Waals surface area contributed by atoms with E-state index in [0.29, 0.717) is 28.5 Å². The van der Waals surface area contributed by atoms with Gasteiger partial charge in [-0.3, -0.25) is 4.79 Å². The fourth-order valence-electron chi connectivity index (χ4n) is 3.04. The SMILES string of the molecule is COCCn1c(=NC(=O)c2ccc3ccccc3c2)sc2cccc(Cl)c21. The zero-order valence-corrected chi connectivity index (χ0v) is 16.3. The third kappa shape index (κ3) is 3.54. The molecule has 0 N–H and O–H groups in total. The highest BCUT2D eigenvalue weighted by Gasteiger charge is 2.12. The smallest absolute Gasteiger partial charge is 0.279 e. The van der Waals surface area contributed by atoms with Crippen molar-refractivity contribution in [3.8, 4) is 0 Å². The molecule has 4 nitrogen and oxygen atoms in total. The minimum absolute atomic E-state index is 0.269. The molecule has 0 spiro atoms. The van der Waals surface area contributed by atoms with E-state index >= 15 is 0 Å². The number of carbonyl (C=O) groups is 1. The highest BCUT2D eigenvalue weighted by atomic mass is 35.5. The molecule has 0 fully saturated rings. The zero-order valence-electron chi connectivity index (χ0n) is 14.7. The summed E-state index contributed by atoms with van der Waals surface area (Å²) < 4.78 is 8.15. The molecule has 1 amide bonds. The number of carbonyl (C=O) groups excluding carboxylic acids is 1. The van der Waals surface area contributed by atoms with Crippen LogP contribution in [0.2, 0.25) is 5.02 Å². The number of aromatic nitrogens is 1. The van der Waals surface area contributed by atoms with Crippen molar-refractivity contribution in [2.75, 3.05) is 13.7 Å². The molecule has 1 aromatic heterocycles. The number of hydrogen-bond acceptors (Lipinski definition) is 3. The summed E-state index contributed by atoms with van der Waals surface area (Å²) in [5.74, 6) is -0.269. The average Bonchev–Trinajstić information content (AvgIpc) is 3.04. The third-order valence-corrected chi connectivity index (χ3v) is 5.71. The average molecular weight is 397 g/mol. The molecule has 0 aliphatic heterocycles. The number of amides is 1. The first-order valence-corrected chi connectivity index (χ1v) is 9.71. The Morgan fingerprint density at radius 2 is 1.93 bits per heavy atom. The number of benzene rings is 3. The lowest BCUT2D eigenvalue weighted by molar-refractivity contribution is 0.0997. The lowest BCUT2D eigenvalue weighted by Crippen LogP contribution is -2.19. The van der Waals surface area contributed by atoms with Gasteiger partial charge in [-0.25, -0.2) is 0 Å². The van der Waals surface area contributed by atoms with Gasteiger partial charge in [0.25, 0.3) is 5.91 Å². The van der Waals surface area contributed by atoms with Gasteiger partial charge in [0.2, 0.25) is 0 Å². The third-order valence-electron chi connectivity index (χ3n) is 4.36. The highest BCUT2D eigenvalue weighted by molar-refractivity contribution is 7.16. The molecular weight excluding hydrogens is 380 g/mol. The second-order valence-corrected chi connectivity index (χ2v) is 7.51. The van der Waals surface area contributed by atoms with Crippen molar-refractivity contribution in [3.05, 3.63) is 76.1 Å². The molecule has 0 aliphatic carbocycles. The molecule has 0 radical (unpaired) electrons. The van der Waals surface area contributed by atoms with Crippen LogP contribution in [0.4, 0.5) is 0 Å². The van der Waals surface area contributed by atoms with Crippen molar-refractivity contribution in [2.24, 2.45) is 4.99 Å². The lowest BCUT2D eigenvalue weighted by Gasteiger charge is -2.05. The van der Waals surface area contributed by atoms with Gasteiger partial charge in [-0.1, -0.05) is 59.3 Å². The van der Waals surface area contributed by atoms with Crippen LogP contribution >= 0.6 is 22.9 Å². The van der Waals surface area contributed by atoms with Crippen LogP contribution in [0.5, 0.6) is 0 Å². The summed E-state index contributed by atoms with van der Waals surface area (Å²) in [6, 6.07) is 19.3. The van der Waals surface area contributed by atoms with Gasteiger partial charge in [-0.15, -0.1) is 0 Å². The summed E-state index contributed by atoms with van der Waals surface area (Å²) in [5, 5.41) is 2.75. The van der Waals surface area contributed by atoms with Crippen LogP contribution < -0.4 is 4.80 Å². The predicted molar refractivity (Wildman–Crippen MR) is 111 cm³/mol. The van der Waals surface area contributed by atoms with E-state index in [1.165, 1.54) is 11.3 Å². The fourth-order valence-corrected chi connectivity index (χ4v) is 4.45. The van der Waals surface area contributed by atoms with Gasteiger partial charge in [0.15, 0.2) is 4.80 Å². The van der Waals surface area contributed by atoms with E-state index in [0.717, 1.165) is 21.0 Å². The molecule has 0 aliphatic rings. The first kappa shape index (κ1) is 17.9. The van der Waals surface area contributed by atoms with Crippen LogP contribution in [-0.4, -0.2) is 24.2 Å². The van der Waals surface area contributed by atoms with Crippen LogP contribution in [0.3, 0.4) is 0 Å². The number of nitrogens with zero attached hydrogens (tertiary/aromatic N) is 2. The van der Waals surface area contributed by atoms with E-state index in [1.54, 1.807) is 7.11 Å². The van der Waals surface area contributed by atoms with Crippen molar-refractivity contribution >= 4 is 49.8 Å². The first-order valence-electron chi connectivity index (χ1n) is 8.52. The Kier molecular flexibility index (Phi) is 5.07. The number of thiazole rings is 1. The zero-order chi connectivity index (χ0) is 18.8. The van der Waals surface area contributed by atoms with Crippen molar-refractivity contribution < 1.29 is 9.53 Å². The predicted octanol–water partition coefficient (Wildman–Crippen LogP) is 4.90. The number of para-hydroxylation sites is 1. The van der Waals surface area contributed by atoms with E-state index in [-0.39, 0.29) is 5.91 Å². The minimum atomic E-state index is -0.269. The topological polar surface area (TPSA) is 43.6 Å². The molecule has 6 heteroatoms. The summed E-state index contributed by atoms with van der Waals surface area (Å²) in [6.45, 7) is 1.08. The number of hydrogen-bond donors (Lipinski definition) is 0. The molecule has 3 aromatic carbocycles. The van der Waals surface area contributed by atoms with Crippen molar-refractivity contribution in [1.82, 2.24) is 4.57 Å². The Morgan fingerprint density at radius 3 is 2.74 bits per heavy atom. The summed E-state index contributed by atoms with van der Waals surface area (Å²) >= 11 is 7.84. The van der Waals surface area contributed by atoms with Gasteiger partial charge in [0, 0.05) is 19.2 Å². The van der Waals surface area contributed by atoms with Gasteiger partial charge in [0.1, 0.15) is 0 Å². The summed E-state index contributed by atoms with van der Waals surface area (Å²) in [5.41, 5.74) is 1.45. The Balaban J connectivity index is 1.83. The second-order valence-electron chi connectivity index (χ2n) is 6.09. The monoisotopic (exact) mass is 396 g/mol. The van der Waals surface area contributed by atoms with E-state index in [9.17, 15) is 4.79 Å². The van der Waals surface area contributed by atoms with Crippen LogP contribution in [0.1, 0.15) is 10.4 Å². The maximum atomic E-state index is 12.8. The van der Waals surface area contributed by atoms with Gasteiger partial charge < -0.3 is 9.30 Å². The highest BCUT2D eigenvalue weighted by Crippen LogP contribution is 2.25. The van der Waals surface area contributed by atoms with Crippen molar-refractivity contribution in [1.29, 1.82) is 0 Å². The molecule has 0 saturated carbocycles. The van der Waals surface area contributed by atoms with Crippen LogP contribution in [0.25, 0.3) is 21.0 Å². The molecule has 27 heavy (non-hydrogen) atoms. The molecule has 136 valence electrons. The van der Waals surface area contributed by atoms with Crippen LogP contribution in [-0.2, 0) is 11.3 Å². The molecule has 4 aromatic rings. The van der Waals surface area contributed by atoms with Gasteiger partial charge in [-0.2, -0.15) is 4.99 Å². The lowest BCUT2D eigenvalue weighted by atomic mass is 10.1.